The van der Waals surface area contributed by atoms with Gasteiger partial charge < -0.3 is 14.2 Å². The number of hydrogen-bond acceptors (Lipinski definition) is 5. The van der Waals surface area contributed by atoms with E-state index < -0.39 is 5.41 Å². The number of aromatic nitrogens is 2. The van der Waals surface area contributed by atoms with Crippen LogP contribution in [0.4, 0.5) is 0 Å². The van der Waals surface area contributed by atoms with Gasteiger partial charge in [0.1, 0.15) is 5.75 Å². The summed E-state index contributed by atoms with van der Waals surface area (Å²) in [4.78, 5) is 18.1. The van der Waals surface area contributed by atoms with E-state index in [-0.39, 0.29) is 5.91 Å². The first-order valence-electron chi connectivity index (χ1n) is 7.62. The molecule has 0 bridgehead atoms. The maximum absolute atomic E-state index is 12.2. The van der Waals surface area contributed by atoms with Crippen molar-refractivity contribution in [2.24, 2.45) is 5.41 Å². The third kappa shape index (κ3) is 4.31. The number of benzene rings is 1. The van der Waals surface area contributed by atoms with Gasteiger partial charge in [0.2, 0.25) is 17.6 Å². The highest BCUT2D eigenvalue weighted by Crippen LogP contribution is 2.21. The molecule has 2 rings (SSSR count). The molecule has 0 aliphatic carbocycles. The van der Waals surface area contributed by atoms with Crippen LogP contribution in [0.2, 0.25) is 0 Å². The Balaban J connectivity index is 2.07. The molecule has 0 radical (unpaired) electrons. The van der Waals surface area contributed by atoms with Crippen LogP contribution < -0.4 is 4.74 Å². The van der Waals surface area contributed by atoms with Crippen LogP contribution in [-0.4, -0.2) is 34.6 Å². The predicted octanol–water partition coefficient (Wildman–Crippen LogP) is 3.14. The SMILES string of the molecule is CCOc1ccc(-c2noc(CN(C)C(=O)C(C)(C)C)n2)cc1. The Bertz CT molecular complexity index is 656. The van der Waals surface area contributed by atoms with E-state index >= 15 is 0 Å². The average molecular weight is 317 g/mol. The van der Waals surface area contributed by atoms with E-state index in [0.717, 1.165) is 11.3 Å². The van der Waals surface area contributed by atoms with E-state index in [1.165, 1.54) is 0 Å². The van der Waals surface area contributed by atoms with E-state index in [4.69, 9.17) is 9.26 Å². The molecule has 0 spiro atoms. The minimum Gasteiger partial charge on any atom is -0.494 e. The first kappa shape index (κ1) is 17.0. The van der Waals surface area contributed by atoms with E-state index in [0.29, 0.717) is 24.9 Å². The second-order valence-electron chi connectivity index (χ2n) is 6.38. The molecule has 0 aliphatic rings. The molecule has 2 aromatic rings. The number of hydrogen-bond donors (Lipinski definition) is 0. The Morgan fingerprint density at radius 1 is 1.26 bits per heavy atom. The van der Waals surface area contributed by atoms with Crippen molar-refractivity contribution in [3.8, 4) is 17.1 Å². The van der Waals surface area contributed by atoms with Crippen LogP contribution in [0.1, 0.15) is 33.6 Å². The van der Waals surface area contributed by atoms with E-state index in [9.17, 15) is 4.79 Å². The maximum atomic E-state index is 12.2. The van der Waals surface area contributed by atoms with Crippen LogP contribution in [0, 0.1) is 5.41 Å². The summed E-state index contributed by atoms with van der Waals surface area (Å²) in [5, 5.41) is 3.97. The molecule has 0 aliphatic heterocycles. The first-order valence-corrected chi connectivity index (χ1v) is 7.62. The lowest BCUT2D eigenvalue weighted by atomic mass is 9.95. The monoisotopic (exact) mass is 317 g/mol. The zero-order valence-corrected chi connectivity index (χ0v) is 14.3. The Hall–Kier alpha value is -2.37. The van der Waals surface area contributed by atoms with Crippen LogP contribution in [0.5, 0.6) is 5.75 Å². The first-order chi connectivity index (χ1) is 10.8. The molecule has 1 heterocycles. The molecule has 0 N–H and O–H groups in total. The third-order valence-electron chi connectivity index (χ3n) is 3.25. The van der Waals surface area contributed by atoms with Crippen LogP contribution in [0.25, 0.3) is 11.4 Å². The topological polar surface area (TPSA) is 68.5 Å². The summed E-state index contributed by atoms with van der Waals surface area (Å²) in [6, 6.07) is 7.49. The molecule has 1 aromatic carbocycles. The normalized spacial score (nSPS) is 11.3. The lowest BCUT2D eigenvalue weighted by Crippen LogP contribution is -2.36. The van der Waals surface area contributed by atoms with Gasteiger partial charge in [0.25, 0.3) is 0 Å². The van der Waals surface area contributed by atoms with Gasteiger partial charge in [-0.2, -0.15) is 4.98 Å². The number of nitrogens with zero attached hydrogens (tertiary/aromatic N) is 3. The van der Waals surface area contributed by atoms with Gasteiger partial charge in [-0.3, -0.25) is 4.79 Å². The quantitative estimate of drug-likeness (QED) is 0.847. The zero-order chi connectivity index (χ0) is 17.0. The molecule has 1 aromatic heterocycles. The van der Waals surface area contributed by atoms with Gasteiger partial charge >= 0.3 is 0 Å². The summed E-state index contributed by atoms with van der Waals surface area (Å²) in [6.45, 7) is 8.50. The van der Waals surface area contributed by atoms with E-state index in [1.54, 1.807) is 11.9 Å². The van der Waals surface area contributed by atoms with Crippen molar-refractivity contribution in [3.05, 3.63) is 30.2 Å². The van der Waals surface area contributed by atoms with Crippen molar-refractivity contribution in [1.82, 2.24) is 15.0 Å². The fourth-order valence-corrected chi connectivity index (χ4v) is 2.15. The molecular formula is C17H23N3O3. The molecule has 124 valence electrons. The highest BCUT2D eigenvalue weighted by Gasteiger charge is 2.26. The molecule has 0 atom stereocenters. The van der Waals surface area contributed by atoms with Crippen molar-refractivity contribution in [2.45, 2.75) is 34.2 Å². The van der Waals surface area contributed by atoms with Crippen LogP contribution in [-0.2, 0) is 11.3 Å². The minimum absolute atomic E-state index is 0.0262. The molecule has 0 fully saturated rings. The van der Waals surface area contributed by atoms with Crippen molar-refractivity contribution in [2.75, 3.05) is 13.7 Å². The van der Waals surface area contributed by atoms with Crippen LogP contribution in [0.3, 0.4) is 0 Å². The molecule has 6 heteroatoms. The molecule has 0 saturated heterocycles. The highest BCUT2D eigenvalue weighted by molar-refractivity contribution is 5.81. The smallest absolute Gasteiger partial charge is 0.246 e. The largest absolute Gasteiger partial charge is 0.494 e. The fourth-order valence-electron chi connectivity index (χ4n) is 2.15. The second kappa shape index (κ2) is 6.81. The molecule has 6 nitrogen and oxygen atoms in total. The number of amides is 1. The second-order valence-corrected chi connectivity index (χ2v) is 6.38. The van der Waals surface area contributed by atoms with Gasteiger partial charge in [-0.25, -0.2) is 0 Å². The van der Waals surface area contributed by atoms with Gasteiger partial charge in [0.15, 0.2) is 0 Å². The van der Waals surface area contributed by atoms with Gasteiger partial charge in [-0.1, -0.05) is 25.9 Å². The molecule has 23 heavy (non-hydrogen) atoms. The lowest BCUT2D eigenvalue weighted by Gasteiger charge is -2.24. The van der Waals surface area contributed by atoms with E-state index in [1.807, 2.05) is 52.0 Å². The number of ether oxygens (including phenoxy) is 1. The van der Waals surface area contributed by atoms with Crippen LogP contribution in [0.15, 0.2) is 28.8 Å². The van der Waals surface area contributed by atoms with Gasteiger partial charge in [0, 0.05) is 18.0 Å². The summed E-state index contributed by atoms with van der Waals surface area (Å²) in [5.41, 5.74) is 0.403. The Kier molecular flexibility index (Phi) is 5.03. The molecular weight excluding hydrogens is 294 g/mol. The summed E-state index contributed by atoms with van der Waals surface area (Å²) >= 11 is 0. The van der Waals surface area contributed by atoms with Crippen molar-refractivity contribution >= 4 is 5.91 Å². The Morgan fingerprint density at radius 2 is 1.91 bits per heavy atom. The summed E-state index contributed by atoms with van der Waals surface area (Å²) < 4.78 is 10.6. The predicted molar refractivity (Wildman–Crippen MR) is 86.8 cm³/mol. The number of carbonyl (C=O) groups excluding carboxylic acids is 1. The minimum atomic E-state index is -0.438. The fraction of sp³-hybridized carbons (Fsp3) is 0.471. The zero-order valence-electron chi connectivity index (χ0n) is 14.3. The van der Waals surface area contributed by atoms with Gasteiger partial charge in [-0.15, -0.1) is 0 Å². The standard InChI is InChI=1S/C17H23N3O3/c1-6-22-13-9-7-12(8-10-13)15-18-14(23-19-15)11-20(5)16(21)17(2,3)4/h7-10H,6,11H2,1-5H3. The Labute approximate surface area is 136 Å². The maximum Gasteiger partial charge on any atom is 0.246 e. The molecule has 0 saturated carbocycles. The third-order valence-corrected chi connectivity index (χ3v) is 3.25. The number of rotatable bonds is 5. The lowest BCUT2D eigenvalue weighted by molar-refractivity contribution is -0.138. The van der Waals surface area contributed by atoms with Gasteiger partial charge in [-0.05, 0) is 31.2 Å². The van der Waals surface area contributed by atoms with Crippen molar-refractivity contribution in [3.63, 3.8) is 0 Å². The van der Waals surface area contributed by atoms with E-state index in [2.05, 4.69) is 10.1 Å². The van der Waals surface area contributed by atoms with Crippen molar-refractivity contribution < 1.29 is 14.1 Å². The average Bonchev–Trinajstić information content (AvgIpc) is 2.95. The summed E-state index contributed by atoms with van der Waals surface area (Å²) in [5.74, 6) is 1.74. The molecule has 0 unspecified atom stereocenters. The highest BCUT2D eigenvalue weighted by atomic mass is 16.5. The molecule has 1 amide bonds. The summed E-state index contributed by atoms with van der Waals surface area (Å²) in [6.07, 6.45) is 0. The summed E-state index contributed by atoms with van der Waals surface area (Å²) in [7, 11) is 1.73. The van der Waals surface area contributed by atoms with Crippen molar-refractivity contribution in [1.29, 1.82) is 0 Å². The van der Waals surface area contributed by atoms with Crippen LogP contribution >= 0.6 is 0 Å². The van der Waals surface area contributed by atoms with Gasteiger partial charge in [0.05, 0.1) is 13.2 Å². The number of carbonyl (C=O) groups is 1. The Morgan fingerprint density at radius 3 is 2.48 bits per heavy atom.